The van der Waals surface area contributed by atoms with Crippen LogP contribution in [0.25, 0.3) is 0 Å². The van der Waals surface area contributed by atoms with E-state index < -0.39 is 10.0 Å². The summed E-state index contributed by atoms with van der Waals surface area (Å²) in [6.45, 7) is 0.425. The zero-order chi connectivity index (χ0) is 11.6. The van der Waals surface area contributed by atoms with E-state index in [0.29, 0.717) is 24.1 Å². The van der Waals surface area contributed by atoms with Gasteiger partial charge >= 0.3 is 0 Å². The van der Waals surface area contributed by atoms with Crippen molar-refractivity contribution in [3.8, 4) is 0 Å². The molecule has 2 aliphatic carbocycles. The third-order valence-electron chi connectivity index (χ3n) is 3.71. The molecular weight excluding hydrogens is 224 g/mol. The highest BCUT2D eigenvalue weighted by atomic mass is 32.2. The average molecular weight is 246 g/mol. The van der Waals surface area contributed by atoms with Crippen molar-refractivity contribution >= 4 is 10.0 Å². The number of nitrogens with one attached hydrogen (secondary N) is 1. The maximum atomic E-state index is 11.9. The molecule has 2 rings (SSSR count). The first-order valence-corrected chi connectivity index (χ1v) is 7.96. The Hall–Kier alpha value is -0.130. The van der Waals surface area contributed by atoms with E-state index in [1.54, 1.807) is 0 Å². The first kappa shape index (κ1) is 12.3. The molecular formula is C11H22N2O2S. The number of hydrogen-bond acceptors (Lipinski definition) is 3. The van der Waals surface area contributed by atoms with Gasteiger partial charge in [-0.1, -0.05) is 12.8 Å². The van der Waals surface area contributed by atoms with Crippen molar-refractivity contribution in [3.05, 3.63) is 0 Å². The standard InChI is InChI=1S/C11H22N2O2S/c12-7-11(10-5-6-10)13-16(14,15)8-9-3-1-2-4-9/h9-11,13H,1-8,12H2. The lowest BCUT2D eigenvalue weighted by molar-refractivity contribution is 0.505. The van der Waals surface area contributed by atoms with E-state index in [9.17, 15) is 8.42 Å². The molecule has 16 heavy (non-hydrogen) atoms. The highest BCUT2D eigenvalue weighted by molar-refractivity contribution is 7.89. The third kappa shape index (κ3) is 3.43. The van der Waals surface area contributed by atoms with Gasteiger partial charge in [-0.2, -0.15) is 0 Å². The maximum Gasteiger partial charge on any atom is 0.212 e. The van der Waals surface area contributed by atoms with Crippen LogP contribution in [0.5, 0.6) is 0 Å². The second-order valence-electron chi connectivity index (χ2n) is 5.23. The van der Waals surface area contributed by atoms with Crippen molar-refractivity contribution in [3.63, 3.8) is 0 Å². The molecule has 0 aliphatic heterocycles. The summed E-state index contributed by atoms with van der Waals surface area (Å²) in [7, 11) is -3.11. The Morgan fingerprint density at radius 2 is 1.81 bits per heavy atom. The topological polar surface area (TPSA) is 72.2 Å². The van der Waals surface area contributed by atoms with Gasteiger partial charge in [-0.05, 0) is 37.5 Å². The minimum Gasteiger partial charge on any atom is -0.329 e. The molecule has 0 bridgehead atoms. The van der Waals surface area contributed by atoms with Gasteiger partial charge in [0, 0.05) is 12.6 Å². The summed E-state index contributed by atoms with van der Waals surface area (Å²) in [5.41, 5.74) is 5.60. The Morgan fingerprint density at radius 1 is 1.19 bits per heavy atom. The van der Waals surface area contributed by atoms with Gasteiger partial charge in [0.2, 0.25) is 10.0 Å². The molecule has 4 nitrogen and oxygen atoms in total. The van der Waals surface area contributed by atoms with Gasteiger partial charge in [-0.15, -0.1) is 0 Å². The molecule has 1 unspecified atom stereocenters. The van der Waals surface area contributed by atoms with Crippen LogP contribution in [0.2, 0.25) is 0 Å². The summed E-state index contributed by atoms with van der Waals surface area (Å²) in [5, 5.41) is 0. The zero-order valence-corrected chi connectivity index (χ0v) is 10.5. The van der Waals surface area contributed by atoms with Crippen molar-refractivity contribution in [2.75, 3.05) is 12.3 Å². The van der Waals surface area contributed by atoms with Crippen molar-refractivity contribution in [2.45, 2.75) is 44.6 Å². The third-order valence-corrected chi connectivity index (χ3v) is 5.28. The molecule has 94 valence electrons. The molecule has 2 saturated carbocycles. The molecule has 0 saturated heterocycles. The van der Waals surface area contributed by atoms with Crippen LogP contribution in [0.15, 0.2) is 0 Å². The first-order chi connectivity index (χ1) is 7.61. The minimum absolute atomic E-state index is 0.0218. The van der Waals surface area contributed by atoms with Crippen LogP contribution >= 0.6 is 0 Å². The van der Waals surface area contributed by atoms with Crippen LogP contribution < -0.4 is 10.5 Å². The predicted octanol–water partition coefficient (Wildman–Crippen LogP) is 0.833. The predicted molar refractivity (Wildman–Crippen MR) is 64.4 cm³/mol. The monoisotopic (exact) mass is 246 g/mol. The second-order valence-corrected chi connectivity index (χ2v) is 7.03. The number of hydrogen-bond donors (Lipinski definition) is 2. The lowest BCUT2D eigenvalue weighted by Gasteiger charge is -2.18. The van der Waals surface area contributed by atoms with Crippen LogP contribution in [0.4, 0.5) is 0 Å². The molecule has 1 atom stereocenters. The van der Waals surface area contributed by atoms with Crippen molar-refractivity contribution in [1.29, 1.82) is 0 Å². The van der Waals surface area contributed by atoms with Crippen LogP contribution in [-0.2, 0) is 10.0 Å². The van der Waals surface area contributed by atoms with Crippen LogP contribution in [0.3, 0.4) is 0 Å². The Labute approximate surface area is 98.0 Å². The zero-order valence-electron chi connectivity index (χ0n) is 9.69. The van der Waals surface area contributed by atoms with E-state index in [0.717, 1.165) is 25.7 Å². The van der Waals surface area contributed by atoms with E-state index in [-0.39, 0.29) is 6.04 Å². The van der Waals surface area contributed by atoms with E-state index >= 15 is 0 Å². The smallest absolute Gasteiger partial charge is 0.212 e. The van der Waals surface area contributed by atoms with Crippen LogP contribution in [0.1, 0.15) is 38.5 Å². The summed E-state index contributed by atoms with van der Waals surface area (Å²) in [6.07, 6.45) is 6.74. The Balaban J connectivity index is 1.85. The van der Waals surface area contributed by atoms with Crippen molar-refractivity contribution in [2.24, 2.45) is 17.6 Å². The first-order valence-electron chi connectivity index (χ1n) is 6.31. The molecule has 0 radical (unpaired) electrons. The molecule has 0 aromatic heterocycles. The molecule has 2 fully saturated rings. The molecule has 2 aliphatic rings. The Kier molecular flexibility index (Phi) is 3.87. The highest BCUT2D eigenvalue weighted by Crippen LogP contribution is 2.33. The van der Waals surface area contributed by atoms with E-state index in [2.05, 4.69) is 4.72 Å². The minimum atomic E-state index is -3.11. The van der Waals surface area contributed by atoms with Gasteiger partial charge in [0.05, 0.1) is 5.75 Å². The number of nitrogens with two attached hydrogens (primary N) is 1. The fourth-order valence-corrected chi connectivity index (χ4v) is 4.40. The summed E-state index contributed by atoms with van der Waals surface area (Å²) < 4.78 is 26.6. The Morgan fingerprint density at radius 3 is 2.31 bits per heavy atom. The number of rotatable bonds is 6. The molecule has 0 spiro atoms. The molecule has 0 aromatic carbocycles. The molecule has 5 heteroatoms. The molecule has 0 aromatic rings. The summed E-state index contributed by atoms with van der Waals surface area (Å²) in [4.78, 5) is 0. The van der Waals surface area contributed by atoms with Gasteiger partial charge in [0.1, 0.15) is 0 Å². The van der Waals surface area contributed by atoms with E-state index in [4.69, 9.17) is 5.73 Å². The maximum absolute atomic E-state index is 11.9. The van der Waals surface area contributed by atoms with Crippen molar-refractivity contribution < 1.29 is 8.42 Å². The van der Waals surface area contributed by atoms with Gasteiger partial charge < -0.3 is 5.73 Å². The number of sulfonamides is 1. The molecule has 0 amide bonds. The van der Waals surface area contributed by atoms with Gasteiger partial charge in [-0.3, -0.25) is 0 Å². The van der Waals surface area contributed by atoms with Gasteiger partial charge in [0.25, 0.3) is 0 Å². The quantitative estimate of drug-likeness (QED) is 0.729. The van der Waals surface area contributed by atoms with Gasteiger partial charge in [-0.25, -0.2) is 13.1 Å². The van der Waals surface area contributed by atoms with Crippen molar-refractivity contribution in [1.82, 2.24) is 4.72 Å². The van der Waals surface area contributed by atoms with E-state index in [1.165, 1.54) is 12.8 Å². The average Bonchev–Trinajstić information content (AvgIpc) is 2.95. The normalized spacial score (nSPS) is 24.8. The molecule has 0 heterocycles. The Bertz CT molecular complexity index is 319. The van der Waals surface area contributed by atoms with Crippen LogP contribution in [-0.4, -0.2) is 26.8 Å². The summed E-state index contributed by atoms with van der Waals surface area (Å²) in [6, 6.07) is -0.0218. The van der Waals surface area contributed by atoms with Gasteiger partial charge in [0.15, 0.2) is 0 Å². The largest absolute Gasteiger partial charge is 0.329 e. The fourth-order valence-electron chi connectivity index (χ4n) is 2.60. The summed E-state index contributed by atoms with van der Waals surface area (Å²) in [5.74, 6) is 1.16. The lowest BCUT2D eigenvalue weighted by Crippen LogP contribution is -2.43. The SMILES string of the molecule is NCC(NS(=O)(=O)CC1CCCC1)C1CC1. The van der Waals surface area contributed by atoms with Crippen LogP contribution in [0, 0.1) is 11.8 Å². The molecule has 3 N–H and O–H groups in total. The highest BCUT2D eigenvalue weighted by Gasteiger charge is 2.33. The fraction of sp³-hybridized carbons (Fsp3) is 1.00. The van der Waals surface area contributed by atoms with E-state index in [1.807, 2.05) is 0 Å². The second kappa shape index (κ2) is 5.02. The lowest BCUT2D eigenvalue weighted by atomic mass is 10.1. The summed E-state index contributed by atoms with van der Waals surface area (Å²) >= 11 is 0.